The van der Waals surface area contributed by atoms with Gasteiger partial charge < -0.3 is 16.4 Å². The van der Waals surface area contributed by atoms with Gasteiger partial charge in [0.05, 0.1) is 17.4 Å². The average molecular weight is 345 g/mol. The van der Waals surface area contributed by atoms with Gasteiger partial charge in [-0.15, -0.1) is 11.3 Å². The Balaban J connectivity index is 1.38. The summed E-state index contributed by atoms with van der Waals surface area (Å²) < 4.78 is 1.67. The Labute approximate surface area is 145 Å². The van der Waals surface area contributed by atoms with Crippen LogP contribution in [0.25, 0.3) is 0 Å². The Hall–Kier alpha value is -1.70. The van der Waals surface area contributed by atoms with Crippen molar-refractivity contribution in [2.75, 3.05) is 5.32 Å². The summed E-state index contributed by atoms with van der Waals surface area (Å²) in [6.45, 7) is 2.02. The van der Waals surface area contributed by atoms with E-state index in [0.29, 0.717) is 24.0 Å². The first-order valence-corrected chi connectivity index (χ1v) is 9.23. The number of nitrogens with zero attached hydrogens (tertiary/aromatic N) is 2. The molecule has 0 aliphatic heterocycles. The fourth-order valence-electron chi connectivity index (χ4n) is 3.39. The number of aryl methyl sites for hydroxylation is 2. The smallest absolute Gasteiger partial charge is 0.256 e. The van der Waals surface area contributed by atoms with Crippen molar-refractivity contribution in [1.82, 2.24) is 15.1 Å². The quantitative estimate of drug-likeness (QED) is 0.773. The second-order valence-electron chi connectivity index (χ2n) is 7.02. The van der Waals surface area contributed by atoms with Crippen LogP contribution in [0, 0.1) is 6.92 Å². The van der Waals surface area contributed by atoms with Crippen LogP contribution in [0.15, 0.2) is 18.5 Å². The molecule has 128 valence electrons. The lowest BCUT2D eigenvalue weighted by Gasteiger charge is -2.33. The van der Waals surface area contributed by atoms with Crippen LogP contribution < -0.4 is 16.4 Å². The Kier molecular flexibility index (Phi) is 3.94. The number of nitrogens with two attached hydrogens (primary N) is 1. The van der Waals surface area contributed by atoms with Crippen LogP contribution in [0.3, 0.4) is 0 Å². The van der Waals surface area contributed by atoms with Gasteiger partial charge in [-0.05, 0) is 32.3 Å². The number of carbonyl (C=O) groups excluding carboxylic acids is 1. The highest BCUT2D eigenvalue weighted by molar-refractivity contribution is 7.12. The molecule has 2 heterocycles. The molecular formula is C17H23N5OS. The summed E-state index contributed by atoms with van der Waals surface area (Å²) in [5, 5.41) is 10.7. The number of hydrogen-bond donors (Lipinski definition) is 3. The summed E-state index contributed by atoms with van der Waals surface area (Å²) in [5.74, 6) is 0.489. The maximum atomic E-state index is 12.5. The highest BCUT2D eigenvalue weighted by Crippen LogP contribution is 2.45. The molecule has 1 amide bonds. The average Bonchev–Trinajstić information content (AvgIpc) is 2.97. The van der Waals surface area contributed by atoms with Crippen molar-refractivity contribution >= 4 is 22.9 Å². The van der Waals surface area contributed by atoms with Crippen LogP contribution in [0.2, 0.25) is 0 Å². The largest absolute Gasteiger partial charge is 0.328 e. The maximum absolute atomic E-state index is 12.5. The standard InChI is InChI=1S/C17H23N5OS/c1-9-13(17(23)21-12-7-19-22(2)8-12)6-16(24-9)14-5-15(14)20-11-3-10(18)4-11/h6-8,10-11,14-15,20H,3-5,18H2,1-2H3,(H,21,23). The van der Waals surface area contributed by atoms with E-state index in [1.807, 2.05) is 14.0 Å². The molecule has 4 N–H and O–H groups in total. The molecule has 6 nitrogen and oxygen atoms in total. The van der Waals surface area contributed by atoms with Gasteiger partial charge in [-0.1, -0.05) is 0 Å². The van der Waals surface area contributed by atoms with E-state index in [0.717, 1.165) is 35.4 Å². The summed E-state index contributed by atoms with van der Waals surface area (Å²) in [6.07, 6.45) is 6.79. The third-order valence-electron chi connectivity index (χ3n) is 4.92. The summed E-state index contributed by atoms with van der Waals surface area (Å²) in [4.78, 5) is 14.9. The van der Waals surface area contributed by atoms with E-state index in [1.165, 1.54) is 4.88 Å². The molecule has 2 aromatic rings. The van der Waals surface area contributed by atoms with Crippen molar-refractivity contribution in [3.05, 3.63) is 33.8 Å². The molecule has 2 aliphatic carbocycles. The topological polar surface area (TPSA) is 85.0 Å². The van der Waals surface area contributed by atoms with Crippen LogP contribution in [0.1, 0.15) is 45.3 Å². The Morgan fingerprint density at radius 2 is 2.21 bits per heavy atom. The lowest BCUT2D eigenvalue weighted by Crippen LogP contribution is -2.49. The molecule has 0 radical (unpaired) electrons. The number of anilines is 1. The number of rotatable bonds is 5. The van der Waals surface area contributed by atoms with Crippen LogP contribution in [-0.2, 0) is 7.05 Å². The summed E-state index contributed by atoms with van der Waals surface area (Å²) in [5.41, 5.74) is 7.34. The summed E-state index contributed by atoms with van der Waals surface area (Å²) in [7, 11) is 1.83. The first kappa shape index (κ1) is 15.8. The fourth-order valence-corrected chi connectivity index (χ4v) is 4.60. The number of carbonyl (C=O) groups is 1. The van der Waals surface area contributed by atoms with Crippen molar-refractivity contribution < 1.29 is 4.79 Å². The van der Waals surface area contributed by atoms with Crippen molar-refractivity contribution in [2.45, 2.75) is 50.2 Å². The van der Waals surface area contributed by atoms with E-state index < -0.39 is 0 Å². The maximum Gasteiger partial charge on any atom is 0.256 e. The van der Waals surface area contributed by atoms with Crippen LogP contribution in [0.4, 0.5) is 5.69 Å². The van der Waals surface area contributed by atoms with E-state index >= 15 is 0 Å². The zero-order valence-corrected chi connectivity index (χ0v) is 14.8. The van der Waals surface area contributed by atoms with Gasteiger partial charge in [0.15, 0.2) is 0 Å². The predicted octanol–water partition coefficient (Wildman–Crippen LogP) is 1.98. The molecule has 7 heteroatoms. The highest BCUT2D eigenvalue weighted by atomic mass is 32.1. The molecule has 2 aliphatic rings. The van der Waals surface area contributed by atoms with Crippen LogP contribution in [-0.4, -0.2) is 33.8 Å². The SMILES string of the molecule is Cc1sc(C2CC2NC2CC(N)C2)cc1C(=O)Nc1cnn(C)c1. The fraction of sp³-hybridized carbons (Fsp3) is 0.529. The van der Waals surface area contributed by atoms with Gasteiger partial charge in [0.1, 0.15) is 0 Å². The first-order valence-electron chi connectivity index (χ1n) is 8.41. The Morgan fingerprint density at radius 3 is 2.88 bits per heavy atom. The van der Waals surface area contributed by atoms with E-state index in [1.54, 1.807) is 28.4 Å². The lowest BCUT2D eigenvalue weighted by atomic mass is 9.87. The minimum absolute atomic E-state index is 0.0573. The number of amides is 1. The molecule has 2 saturated carbocycles. The van der Waals surface area contributed by atoms with Gasteiger partial charge >= 0.3 is 0 Å². The van der Waals surface area contributed by atoms with Crippen molar-refractivity contribution in [3.8, 4) is 0 Å². The third-order valence-corrected chi connectivity index (χ3v) is 6.11. The van der Waals surface area contributed by atoms with Crippen LogP contribution >= 0.6 is 11.3 Å². The molecule has 0 spiro atoms. The number of aromatic nitrogens is 2. The molecule has 0 saturated heterocycles. The van der Waals surface area contributed by atoms with E-state index in [4.69, 9.17) is 5.73 Å². The van der Waals surface area contributed by atoms with Gasteiger partial charge in [0.2, 0.25) is 0 Å². The van der Waals surface area contributed by atoms with Gasteiger partial charge in [0.25, 0.3) is 5.91 Å². The number of hydrogen-bond acceptors (Lipinski definition) is 5. The van der Waals surface area contributed by atoms with Crippen molar-refractivity contribution in [3.63, 3.8) is 0 Å². The molecule has 2 unspecified atom stereocenters. The van der Waals surface area contributed by atoms with Gasteiger partial charge in [-0.2, -0.15) is 5.10 Å². The molecule has 4 rings (SSSR count). The van der Waals surface area contributed by atoms with E-state index in [9.17, 15) is 4.79 Å². The zero-order valence-electron chi connectivity index (χ0n) is 14.0. The van der Waals surface area contributed by atoms with E-state index in [2.05, 4.69) is 21.8 Å². The summed E-state index contributed by atoms with van der Waals surface area (Å²) in [6, 6.07) is 3.58. The van der Waals surface area contributed by atoms with Gasteiger partial charge in [-0.25, -0.2) is 0 Å². The van der Waals surface area contributed by atoms with Crippen molar-refractivity contribution in [2.24, 2.45) is 12.8 Å². The van der Waals surface area contributed by atoms with E-state index in [-0.39, 0.29) is 5.91 Å². The second kappa shape index (κ2) is 5.98. The molecule has 24 heavy (non-hydrogen) atoms. The van der Waals surface area contributed by atoms with Crippen LogP contribution in [0.5, 0.6) is 0 Å². The number of nitrogens with one attached hydrogen (secondary N) is 2. The highest BCUT2D eigenvalue weighted by Gasteiger charge is 2.42. The monoisotopic (exact) mass is 345 g/mol. The molecule has 2 atom stereocenters. The molecular weight excluding hydrogens is 322 g/mol. The summed E-state index contributed by atoms with van der Waals surface area (Å²) >= 11 is 1.74. The molecule has 2 fully saturated rings. The molecule has 0 bridgehead atoms. The van der Waals surface area contributed by atoms with Gasteiger partial charge in [-0.3, -0.25) is 9.48 Å². The Morgan fingerprint density at radius 1 is 1.42 bits per heavy atom. The molecule has 2 aromatic heterocycles. The second-order valence-corrected chi connectivity index (χ2v) is 8.31. The zero-order chi connectivity index (χ0) is 16.8. The Bertz CT molecular complexity index is 761. The number of thiophene rings is 1. The van der Waals surface area contributed by atoms with Gasteiger partial charge in [0, 0.05) is 47.0 Å². The third kappa shape index (κ3) is 3.11. The minimum atomic E-state index is -0.0573. The first-order chi connectivity index (χ1) is 11.5. The predicted molar refractivity (Wildman–Crippen MR) is 95.5 cm³/mol. The normalized spacial score (nSPS) is 28.5. The molecule has 0 aromatic carbocycles. The van der Waals surface area contributed by atoms with Crippen molar-refractivity contribution in [1.29, 1.82) is 0 Å². The lowest BCUT2D eigenvalue weighted by molar-refractivity contribution is 0.102. The minimum Gasteiger partial charge on any atom is -0.328 e.